The quantitative estimate of drug-likeness (QED) is 0.307. The highest BCUT2D eigenvalue weighted by atomic mass is 32.2. The maximum absolute atomic E-state index is 14.0. The van der Waals surface area contributed by atoms with Crippen LogP contribution in [0.4, 0.5) is 10.2 Å². The van der Waals surface area contributed by atoms with Crippen LogP contribution in [0.2, 0.25) is 0 Å². The van der Waals surface area contributed by atoms with E-state index in [4.69, 9.17) is 15.2 Å². The summed E-state index contributed by atoms with van der Waals surface area (Å²) in [6.45, 7) is 1.84. The minimum absolute atomic E-state index is 0.114. The predicted molar refractivity (Wildman–Crippen MR) is 147 cm³/mol. The molecule has 1 aliphatic rings. The maximum atomic E-state index is 14.0. The molecule has 3 aromatic carbocycles. The van der Waals surface area contributed by atoms with Crippen molar-refractivity contribution in [2.75, 3.05) is 19.1 Å². The molecule has 0 unspecified atom stereocenters. The number of carbonyl (C=O) groups excluding carboxylic acids is 1. The molecular formula is C29H26FN3O5S. The van der Waals surface area contributed by atoms with E-state index >= 15 is 0 Å². The number of nitrogen functional groups attached to an aromatic ring is 1. The molecular weight excluding hydrogens is 521 g/mol. The number of aryl methyl sites for hydroxylation is 1. The number of benzene rings is 3. The average Bonchev–Trinajstić information content (AvgIpc) is 3.47. The number of nitrogens with two attached hydrogens (primary N) is 1. The zero-order valence-electron chi connectivity index (χ0n) is 21.6. The van der Waals surface area contributed by atoms with Gasteiger partial charge in [-0.2, -0.15) is 5.10 Å². The number of nitrogens with zero attached hydrogens (tertiary/aromatic N) is 2. The topological polar surface area (TPSA) is 114 Å². The van der Waals surface area contributed by atoms with Crippen LogP contribution in [0.1, 0.15) is 32.6 Å². The number of hydrogen-bond acceptors (Lipinski definition) is 7. The molecule has 39 heavy (non-hydrogen) atoms. The van der Waals surface area contributed by atoms with Crippen LogP contribution in [0.3, 0.4) is 0 Å². The van der Waals surface area contributed by atoms with Gasteiger partial charge in [0, 0.05) is 23.8 Å². The second-order valence-corrected chi connectivity index (χ2v) is 11.6. The second kappa shape index (κ2) is 10.0. The monoisotopic (exact) mass is 547 g/mol. The van der Waals surface area contributed by atoms with Crippen molar-refractivity contribution in [3.63, 3.8) is 0 Å². The van der Waals surface area contributed by atoms with Gasteiger partial charge in [-0.3, -0.25) is 4.79 Å². The lowest BCUT2D eigenvalue weighted by atomic mass is 10.0. The fourth-order valence-electron chi connectivity index (χ4n) is 4.64. The number of methoxy groups -OCH3 is 1. The molecule has 0 spiro atoms. The first-order valence-electron chi connectivity index (χ1n) is 12.0. The number of rotatable bonds is 8. The van der Waals surface area contributed by atoms with E-state index in [0.29, 0.717) is 34.7 Å². The average molecular weight is 548 g/mol. The van der Waals surface area contributed by atoms with Crippen LogP contribution < -0.4 is 15.2 Å². The third-order valence-corrected chi connectivity index (χ3v) is 7.31. The van der Waals surface area contributed by atoms with E-state index in [1.54, 1.807) is 54.6 Å². The van der Waals surface area contributed by atoms with Gasteiger partial charge in [-0.1, -0.05) is 18.2 Å². The summed E-state index contributed by atoms with van der Waals surface area (Å²) in [4.78, 5) is 13.4. The van der Waals surface area contributed by atoms with Crippen LogP contribution in [-0.4, -0.2) is 37.3 Å². The molecule has 0 radical (unpaired) electrons. The lowest BCUT2D eigenvalue weighted by Crippen LogP contribution is -2.09. The molecule has 0 saturated carbocycles. The number of hydrogen-bond donors (Lipinski definition) is 1. The fraction of sp³-hybridized carbons (Fsp3) is 0.172. The van der Waals surface area contributed by atoms with Gasteiger partial charge >= 0.3 is 0 Å². The highest BCUT2D eigenvalue weighted by Gasteiger charge is 2.26. The highest BCUT2D eigenvalue weighted by Crippen LogP contribution is 2.35. The van der Waals surface area contributed by atoms with Crippen LogP contribution in [-0.2, 0) is 22.0 Å². The standard InChI is InChI=1S/C29H26FN3O5S/c1-17-10-22(38-26-7-5-4-6-24(26)30)8-9-25(17)33-29(31)23(15-32-33)28(34)20-11-18-13-21(16-39(3,35)36)27(37-2)14-19(18)12-20/h4-10,12-15H,11,16,31H2,1-3H3. The van der Waals surface area contributed by atoms with Crippen LogP contribution >= 0.6 is 0 Å². The number of ketones is 1. The Labute approximate surface area is 225 Å². The fourth-order valence-corrected chi connectivity index (χ4v) is 5.43. The van der Waals surface area contributed by atoms with Crippen molar-refractivity contribution >= 4 is 27.5 Å². The second-order valence-electron chi connectivity index (χ2n) is 9.44. The van der Waals surface area contributed by atoms with Gasteiger partial charge < -0.3 is 15.2 Å². The van der Waals surface area contributed by atoms with E-state index < -0.39 is 15.7 Å². The minimum atomic E-state index is -3.27. The van der Waals surface area contributed by atoms with Gasteiger partial charge in [-0.15, -0.1) is 0 Å². The summed E-state index contributed by atoms with van der Waals surface area (Å²) in [5.74, 6) is 0.303. The Morgan fingerprint density at radius 1 is 1.13 bits per heavy atom. The summed E-state index contributed by atoms with van der Waals surface area (Å²) < 4.78 is 50.2. The predicted octanol–water partition coefficient (Wildman–Crippen LogP) is 5.07. The largest absolute Gasteiger partial charge is 0.496 e. The molecule has 200 valence electrons. The van der Waals surface area contributed by atoms with Crippen molar-refractivity contribution in [2.24, 2.45) is 0 Å². The van der Waals surface area contributed by atoms with Crippen LogP contribution in [0.25, 0.3) is 11.8 Å². The number of allylic oxidation sites excluding steroid dienone is 1. The Morgan fingerprint density at radius 2 is 1.90 bits per heavy atom. The van der Waals surface area contributed by atoms with Crippen LogP contribution in [0.5, 0.6) is 17.2 Å². The highest BCUT2D eigenvalue weighted by molar-refractivity contribution is 7.89. The third-order valence-electron chi connectivity index (χ3n) is 6.47. The molecule has 5 rings (SSSR count). The molecule has 2 N–H and O–H groups in total. The lowest BCUT2D eigenvalue weighted by molar-refractivity contribution is 0.103. The molecule has 0 atom stereocenters. The number of carbonyl (C=O) groups is 1. The lowest BCUT2D eigenvalue weighted by Gasteiger charge is -2.12. The van der Waals surface area contributed by atoms with E-state index in [1.807, 2.05) is 6.92 Å². The number of Topliss-reactive ketones (excluding diaryl/α,β-unsaturated/α-hetero) is 1. The maximum Gasteiger partial charge on any atom is 0.194 e. The molecule has 0 aliphatic heterocycles. The molecule has 0 saturated heterocycles. The Balaban J connectivity index is 1.39. The molecule has 10 heteroatoms. The molecule has 0 bridgehead atoms. The molecule has 4 aromatic rings. The molecule has 8 nitrogen and oxygen atoms in total. The summed E-state index contributed by atoms with van der Waals surface area (Å²) in [6.07, 6.45) is 4.70. The number of ether oxygens (including phenoxy) is 2. The minimum Gasteiger partial charge on any atom is -0.496 e. The SMILES string of the molecule is COc1cc2c(cc1CS(C)(=O)=O)CC(C(=O)c1cnn(-c3ccc(Oc4ccccc4F)cc3C)c1N)=C2. The zero-order valence-corrected chi connectivity index (χ0v) is 22.4. The van der Waals surface area contributed by atoms with Crippen molar-refractivity contribution in [3.8, 4) is 22.9 Å². The molecule has 1 heterocycles. The van der Waals surface area contributed by atoms with E-state index in [1.165, 1.54) is 30.3 Å². The van der Waals surface area contributed by atoms with Gasteiger partial charge in [0.25, 0.3) is 0 Å². The zero-order chi connectivity index (χ0) is 27.9. The van der Waals surface area contributed by atoms with Gasteiger partial charge in [0.05, 0.1) is 30.3 Å². The van der Waals surface area contributed by atoms with Crippen molar-refractivity contribution in [3.05, 3.63) is 100 Å². The number of anilines is 1. The Bertz CT molecular complexity index is 1760. The van der Waals surface area contributed by atoms with E-state index in [2.05, 4.69) is 5.10 Å². The van der Waals surface area contributed by atoms with Gasteiger partial charge in [-0.25, -0.2) is 17.5 Å². The Morgan fingerprint density at radius 3 is 2.59 bits per heavy atom. The summed E-state index contributed by atoms with van der Waals surface area (Å²) >= 11 is 0. The van der Waals surface area contributed by atoms with E-state index in [-0.39, 0.29) is 28.7 Å². The Hall–Kier alpha value is -4.44. The summed E-state index contributed by atoms with van der Waals surface area (Å²) in [6, 6.07) is 14.8. The molecule has 1 aliphatic carbocycles. The normalized spacial score (nSPS) is 12.7. The van der Waals surface area contributed by atoms with Gasteiger partial charge in [0.1, 0.15) is 17.3 Å². The number of aromatic nitrogens is 2. The van der Waals surface area contributed by atoms with Crippen molar-refractivity contribution in [1.82, 2.24) is 9.78 Å². The van der Waals surface area contributed by atoms with Crippen molar-refractivity contribution < 1.29 is 27.1 Å². The first-order chi connectivity index (χ1) is 18.5. The smallest absolute Gasteiger partial charge is 0.194 e. The third kappa shape index (κ3) is 5.28. The molecule has 0 fully saturated rings. The van der Waals surface area contributed by atoms with Crippen LogP contribution in [0, 0.1) is 12.7 Å². The van der Waals surface area contributed by atoms with Gasteiger partial charge in [0.15, 0.2) is 27.2 Å². The first kappa shape index (κ1) is 26.2. The van der Waals surface area contributed by atoms with Crippen LogP contribution in [0.15, 0.2) is 66.4 Å². The molecule has 1 aromatic heterocycles. The van der Waals surface area contributed by atoms with E-state index in [9.17, 15) is 17.6 Å². The van der Waals surface area contributed by atoms with Gasteiger partial charge in [-0.05, 0) is 66.1 Å². The summed E-state index contributed by atoms with van der Waals surface area (Å²) in [7, 11) is -1.79. The van der Waals surface area contributed by atoms with Crippen molar-refractivity contribution in [2.45, 2.75) is 19.1 Å². The summed E-state index contributed by atoms with van der Waals surface area (Å²) in [5.41, 5.74) is 10.7. The van der Waals surface area contributed by atoms with Gasteiger partial charge in [0.2, 0.25) is 0 Å². The Kier molecular flexibility index (Phi) is 6.73. The molecule has 0 amide bonds. The van der Waals surface area contributed by atoms with E-state index in [0.717, 1.165) is 16.7 Å². The number of sulfone groups is 1. The number of para-hydroxylation sites is 1. The number of halogens is 1. The summed E-state index contributed by atoms with van der Waals surface area (Å²) in [5, 5.41) is 4.35. The van der Waals surface area contributed by atoms with Crippen molar-refractivity contribution in [1.29, 1.82) is 0 Å². The first-order valence-corrected chi connectivity index (χ1v) is 14.1. The number of fused-ring (bicyclic) bond motifs is 1.